The van der Waals surface area contributed by atoms with Gasteiger partial charge in [-0.25, -0.2) is 19.2 Å². The highest BCUT2D eigenvalue weighted by Crippen LogP contribution is 2.22. The third-order valence-electron chi connectivity index (χ3n) is 3.87. The monoisotopic (exact) mass is 335 g/mol. The van der Waals surface area contributed by atoms with E-state index in [2.05, 4.69) is 25.3 Å². The van der Waals surface area contributed by atoms with E-state index in [1.807, 2.05) is 24.3 Å². The van der Waals surface area contributed by atoms with Gasteiger partial charge < -0.3 is 15.3 Å². The van der Waals surface area contributed by atoms with E-state index in [9.17, 15) is 9.18 Å². The van der Waals surface area contributed by atoms with Crippen LogP contribution in [0.25, 0.3) is 22.3 Å². The second-order valence-corrected chi connectivity index (χ2v) is 5.61. The van der Waals surface area contributed by atoms with Crippen LogP contribution in [0.4, 0.5) is 10.2 Å². The van der Waals surface area contributed by atoms with Crippen molar-refractivity contribution in [3.05, 3.63) is 76.7 Å². The molecule has 25 heavy (non-hydrogen) atoms. The average molecular weight is 335 g/mol. The van der Waals surface area contributed by atoms with Crippen molar-refractivity contribution in [3.8, 4) is 11.3 Å². The van der Waals surface area contributed by atoms with Crippen molar-refractivity contribution in [2.24, 2.45) is 0 Å². The minimum absolute atomic E-state index is 0.239. The van der Waals surface area contributed by atoms with Crippen molar-refractivity contribution in [3.63, 3.8) is 0 Å². The van der Waals surface area contributed by atoms with Gasteiger partial charge in [0.15, 0.2) is 0 Å². The van der Waals surface area contributed by atoms with Gasteiger partial charge in [0.2, 0.25) is 0 Å². The fraction of sp³-hybridized carbons (Fsp3) is 0.0556. The van der Waals surface area contributed by atoms with Crippen LogP contribution in [-0.2, 0) is 6.54 Å². The van der Waals surface area contributed by atoms with Gasteiger partial charge in [-0.15, -0.1) is 0 Å². The van der Waals surface area contributed by atoms with Crippen LogP contribution in [-0.4, -0.2) is 19.9 Å². The van der Waals surface area contributed by atoms with Gasteiger partial charge in [-0.2, -0.15) is 0 Å². The van der Waals surface area contributed by atoms with Gasteiger partial charge in [0.25, 0.3) is 0 Å². The molecule has 0 fully saturated rings. The lowest BCUT2D eigenvalue weighted by Gasteiger charge is -2.07. The predicted molar refractivity (Wildman–Crippen MR) is 93.7 cm³/mol. The fourth-order valence-corrected chi connectivity index (χ4v) is 2.60. The maximum absolute atomic E-state index is 12.9. The molecule has 0 bridgehead atoms. The number of halogens is 1. The lowest BCUT2D eigenvalue weighted by Crippen LogP contribution is -2.02. The Morgan fingerprint density at radius 2 is 1.76 bits per heavy atom. The van der Waals surface area contributed by atoms with Crippen LogP contribution in [0.2, 0.25) is 0 Å². The first-order valence-electron chi connectivity index (χ1n) is 7.70. The summed E-state index contributed by atoms with van der Waals surface area (Å²) in [5.74, 6) is 0.406. The number of aromatic nitrogens is 4. The van der Waals surface area contributed by atoms with E-state index >= 15 is 0 Å². The molecule has 124 valence electrons. The number of hydrogen-bond donors (Lipinski definition) is 3. The Balaban J connectivity index is 1.57. The summed E-state index contributed by atoms with van der Waals surface area (Å²) in [7, 11) is 0. The van der Waals surface area contributed by atoms with Crippen LogP contribution in [0.15, 0.2) is 59.7 Å². The number of rotatable bonds is 4. The zero-order valence-electron chi connectivity index (χ0n) is 13.1. The molecule has 6 nitrogen and oxygen atoms in total. The number of fused-ring (bicyclic) bond motifs is 1. The Labute approximate surface area is 141 Å². The SMILES string of the molecule is O=c1[nH]c2ccc(-c3cc(NCc4ccc(F)cc4)ncn3)cc2[nH]1. The smallest absolute Gasteiger partial charge is 0.323 e. The molecular weight excluding hydrogens is 321 g/mol. The van der Waals surface area contributed by atoms with Gasteiger partial charge in [0.1, 0.15) is 18.0 Å². The molecule has 2 aromatic carbocycles. The minimum Gasteiger partial charge on any atom is -0.366 e. The third-order valence-corrected chi connectivity index (χ3v) is 3.87. The summed E-state index contributed by atoms with van der Waals surface area (Å²) in [6.45, 7) is 0.529. The van der Waals surface area contributed by atoms with Crippen molar-refractivity contribution >= 4 is 16.9 Å². The molecule has 0 amide bonds. The van der Waals surface area contributed by atoms with Gasteiger partial charge in [0, 0.05) is 18.2 Å². The molecule has 0 saturated heterocycles. The molecule has 3 N–H and O–H groups in total. The molecular formula is C18H14FN5O. The number of nitrogens with zero attached hydrogens (tertiary/aromatic N) is 2. The summed E-state index contributed by atoms with van der Waals surface area (Å²) in [5.41, 5.74) is 3.79. The van der Waals surface area contributed by atoms with Crippen molar-refractivity contribution < 1.29 is 4.39 Å². The van der Waals surface area contributed by atoms with E-state index in [0.717, 1.165) is 27.9 Å². The normalized spacial score (nSPS) is 10.9. The molecule has 7 heteroatoms. The van der Waals surface area contributed by atoms with Crippen molar-refractivity contribution in [2.45, 2.75) is 6.54 Å². The molecule has 4 rings (SSSR count). The van der Waals surface area contributed by atoms with E-state index < -0.39 is 0 Å². The summed E-state index contributed by atoms with van der Waals surface area (Å²) >= 11 is 0. The Bertz CT molecular complexity index is 1080. The van der Waals surface area contributed by atoms with E-state index in [4.69, 9.17) is 0 Å². The van der Waals surface area contributed by atoms with Crippen LogP contribution >= 0.6 is 0 Å². The van der Waals surface area contributed by atoms with Crippen LogP contribution < -0.4 is 11.0 Å². The zero-order valence-corrected chi connectivity index (χ0v) is 13.1. The molecule has 0 radical (unpaired) electrons. The summed E-state index contributed by atoms with van der Waals surface area (Å²) in [5, 5.41) is 3.19. The molecule has 0 aliphatic carbocycles. The number of anilines is 1. The summed E-state index contributed by atoms with van der Waals surface area (Å²) in [6.07, 6.45) is 1.48. The second-order valence-electron chi connectivity index (χ2n) is 5.61. The van der Waals surface area contributed by atoms with Gasteiger partial charge in [-0.05, 0) is 29.8 Å². The molecule has 2 aromatic heterocycles. The number of hydrogen-bond acceptors (Lipinski definition) is 4. The number of imidazole rings is 1. The van der Waals surface area contributed by atoms with Crippen molar-refractivity contribution in [1.29, 1.82) is 0 Å². The standard InChI is InChI=1S/C18H14FN5O/c19-13-4-1-11(2-5-13)9-20-17-8-15(21-10-22-17)12-3-6-14-16(7-12)24-18(25)23-14/h1-8,10H,9H2,(H,20,21,22)(H2,23,24,25). The zero-order chi connectivity index (χ0) is 17.2. The van der Waals surface area contributed by atoms with Crippen molar-refractivity contribution in [2.75, 3.05) is 5.32 Å². The summed E-state index contributed by atoms with van der Waals surface area (Å²) in [4.78, 5) is 25.3. The Hall–Kier alpha value is -3.48. The molecule has 0 saturated carbocycles. The lowest BCUT2D eigenvalue weighted by atomic mass is 10.1. The van der Waals surface area contributed by atoms with Crippen LogP contribution in [0, 0.1) is 5.82 Å². The Morgan fingerprint density at radius 3 is 2.60 bits per heavy atom. The molecule has 0 atom stereocenters. The molecule has 0 aliphatic heterocycles. The van der Waals surface area contributed by atoms with Gasteiger partial charge in [0.05, 0.1) is 16.7 Å². The van der Waals surface area contributed by atoms with Gasteiger partial charge in [-0.3, -0.25) is 0 Å². The average Bonchev–Trinajstić information content (AvgIpc) is 3.00. The van der Waals surface area contributed by atoms with E-state index in [1.54, 1.807) is 12.1 Å². The Kier molecular flexibility index (Phi) is 3.74. The molecule has 0 spiro atoms. The topological polar surface area (TPSA) is 86.5 Å². The molecule has 2 heterocycles. The number of nitrogens with one attached hydrogen (secondary N) is 3. The Morgan fingerprint density at radius 1 is 0.960 bits per heavy atom. The first kappa shape index (κ1) is 15.1. The van der Waals surface area contributed by atoms with Crippen molar-refractivity contribution in [1.82, 2.24) is 19.9 Å². The quantitative estimate of drug-likeness (QED) is 0.535. The minimum atomic E-state index is -0.258. The number of H-pyrrole nitrogens is 2. The van der Waals surface area contributed by atoms with Crippen LogP contribution in [0.1, 0.15) is 5.56 Å². The highest BCUT2D eigenvalue weighted by molar-refractivity contribution is 5.80. The van der Waals surface area contributed by atoms with Gasteiger partial charge in [-0.1, -0.05) is 18.2 Å². The van der Waals surface area contributed by atoms with Crippen LogP contribution in [0.5, 0.6) is 0 Å². The van der Waals surface area contributed by atoms with Gasteiger partial charge >= 0.3 is 5.69 Å². The van der Waals surface area contributed by atoms with E-state index in [1.165, 1.54) is 18.5 Å². The lowest BCUT2D eigenvalue weighted by molar-refractivity contribution is 0.627. The number of aromatic amines is 2. The first-order valence-corrected chi connectivity index (χ1v) is 7.70. The van der Waals surface area contributed by atoms with E-state index in [0.29, 0.717) is 12.4 Å². The first-order chi connectivity index (χ1) is 12.2. The predicted octanol–water partition coefficient (Wildman–Crippen LogP) is 3.06. The maximum atomic E-state index is 12.9. The fourth-order valence-electron chi connectivity index (χ4n) is 2.60. The third kappa shape index (κ3) is 3.25. The molecule has 0 aliphatic rings. The molecule has 4 aromatic rings. The van der Waals surface area contributed by atoms with Crippen LogP contribution in [0.3, 0.4) is 0 Å². The molecule has 0 unspecified atom stereocenters. The number of benzene rings is 2. The van der Waals surface area contributed by atoms with E-state index in [-0.39, 0.29) is 11.5 Å². The maximum Gasteiger partial charge on any atom is 0.323 e. The highest BCUT2D eigenvalue weighted by atomic mass is 19.1. The summed E-state index contributed by atoms with van der Waals surface area (Å²) < 4.78 is 12.9. The second kappa shape index (κ2) is 6.20. The highest BCUT2D eigenvalue weighted by Gasteiger charge is 2.05. The largest absolute Gasteiger partial charge is 0.366 e. The summed E-state index contributed by atoms with van der Waals surface area (Å²) in [6, 6.07) is 13.7.